The largest absolute Gasteiger partial charge is 0.508 e. The molecule has 0 spiro atoms. The molecule has 1 heterocycles. The van der Waals surface area contributed by atoms with Crippen LogP contribution in [0, 0.1) is 0 Å². The van der Waals surface area contributed by atoms with Crippen LogP contribution in [0.4, 0.5) is 0 Å². The number of aliphatic hydroxyl groups excluding tert-OH is 5. The van der Waals surface area contributed by atoms with E-state index >= 15 is 0 Å². The third-order valence-corrected chi connectivity index (χ3v) is 3.64. The van der Waals surface area contributed by atoms with Gasteiger partial charge in [0.1, 0.15) is 35.9 Å². The number of hydrogen-bond donors (Lipinski definition) is 6. The van der Waals surface area contributed by atoms with Gasteiger partial charge in [-0.3, -0.25) is 0 Å². The maximum absolute atomic E-state index is 9.89. The van der Waals surface area contributed by atoms with Gasteiger partial charge in [0.05, 0.1) is 18.2 Å². The number of rotatable bonds is 4. The summed E-state index contributed by atoms with van der Waals surface area (Å²) in [6.07, 6.45) is -7.26. The number of phenols is 1. The summed E-state index contributed by atoms with van der Waals surface area (Å²) in [5, 5.41) is 57.0. The van der Waals surface area contributed by atoms with Crippen molar-refractivity contribution in [2.45, 2.75) is 37.3 Å². The molecule has 0 amide bonds. The number of hydrogen-bond acceptors (Lipinski definition) is 8. The molecule has 5 atom stereocenters. The van der Waals surface area contributed by atoms with E-state index in [0.29, 0.717) is 0 Å². The van der Waals surface area contributed by atoms with Crippen LogP contribution in [0.25, 0.3) is 0 Å². The molecule has 9 heteroatoms. The maximum atomic E-state index is 9.89. The van der Waals surface area contributed by atoms with Crippen molar-refractivity contribution in [1.82, 2.24) is 0 Å². The third kappa shape index (κ3) is 3.28. The standard InChI is InChI=1S/C13H17ClO8/c14-7-2-6(17)1-5(3-15)12(7)22-13-11(20)10(19)9(18)8(4-16)21-13/h1-2,8-11,13,15-20H,3-4H2/t8-,9-,10+,11+,13-/m1/s1. The first-order valence-electron chi connectivity index (χ1n) is 6.48. The second-order valence-corrected chi connectivity index (χ2v) is 5.30. The molecule has 1 saturated heterocycles. The lowest BCUT2D eigenvalue weighted by Gasteiger charge is -2.39. The van der Waals surface area contributed by atoms with Crippen LogP contribution in [0.2, 0.25) is 5.02 Å². The lowest BCUT2D eigenvalue weighted by atomic mass is 9.99. The quantitative estimate of drug-likeness (QED) is 0.399. The minimum atomic E-state index is -1.60. The van der Waals surface area contributed by atoms with E-state index in [1.165, 1.54) is 12.1 Å². The number of aromatic hydroxyl groups is 1. The normalized spacial score (nSPS) is 32.0. The predicted octanol–water partition coefficient (Wildman–Crippen LogP) is -1.28. The van der Waals surface area contributed by atoms with Gasteiger partial charge in [0.2, 0.25) is 6.29 Å². The number of phenolic OH excluding ortho intramolecular Hbond substituents is 1. The fourth-order valence-corrected chi connectivity index (χ4v) is 2.44. The van der Waals surface area contributed by atoms with Crippen LogP contribution >= 0.6 is 11.6 Å². The Balaban J connectivity index is 2.26. The topological polar surface area (TPSA) is 140 Å². The molecule has 8 nitrogen and oxygen atoms in total. The van der Waals surface area contributed by atoms with Crippen molar-refractivity contribution in [2.75, 3.05) is 6.61 Å². The average Bonchev–Trinajstić information content (AvgIpc) is 2.49. The van der Waals surface area contributed by atoms with Crippen molar-refractivity contribution < 1.29 is 40.1 Å². The molecule has 0 aliphatic carbocycles. The highest BCUT2D eigenvalue weighted by atomic mass is 35.5. The Kier molecular flexibility index (Phi) is 5.45. The molecule has 0 unspecified atom stereocenters. The lowest BCUT2D eigenvalue weighted by Crippen LogP contribution is -2.60. The molecular formula is C13H17ClO8. The van der Waals surface area contributed by atoms with Gasteiger partial charge in [0, 0.05) is 11.6 Å². The number of ether oxygens (including phenoxy) is 2. The van der Waals surface area contributed by atoms with E-state index in [9.17, 15) is 25.5 Å². The number of halogens is 1. The van der Waals surface area contributed by atoms with E-state index in [1.807, 2.05) is 0 Å². The fraction of sp³-hybridized carbons (Fsp3) is 0.538. The van der Waals surface area contributed by atoms with Crippen LogP contribution in [0.3, 0.4) is 0 Å². The van der Waals surface area contributed by atoms with Crippen molar-refractivity contribution in [3.8, 4) is 11.5 Å². The molecule has 0 saturated carbocycles. The SMILES string of the molecule is OCc1cc(O)cc(Cl)c1O[C@H]1O[C@H](CO)[C@@H](O)[C@H](O)[C@@H]1O. The second kappa shape index (κ2) is 6.97. The molecule has 6 N–H and O–H groups in total. The summed E-state index contributed by atoms with van der Waals surface area (Å²) in [4.78, 5) is 0. The molecule has 124 valence electrons. The Hall–Kier alpha value is -1.13. The Labute approximate surface area is 130 Å². The molecule has 1 fully saturated rings. The Morgan fingerprint density at radius 1 is 1.09 bits per heavy atom. The minimum absolute atomic E-state index is 0.0407. The summed E-state index contributed by atoms with van der Waals surface area (Å²) in [5.41, 5.74) is 0.141. The summed E-state index contributed by atoms with van der Waals surface area (Å²) in [7, 11) is 0. The van der Waals surface area contributed by atoms with Gasteiger partial charge in [-0.15, -0.1) is 0 Å². The molecule has 22 heavy (non-hydrogen) atoms. The molecule has 0 radical (unpaired) electrons. The van der Waals surface area contributed by atoms with Gasteiger partial charge in [-0.25, -0.2) is 0 Å². The summed E-state index contributed by atoms with van der Waals surface area (Å²) in [6.45, 7) is -1.10. The average molecular weight is 337 g/mol. The van der Waals surface area contributed by atoms with Crippen LogP contribution in [0.1, 0.15) is 5.56 Å². The highest BCUT2D eigenvalue weighted by Gasteiger charge is 2.45. The molecule has 2 rings (SSSR count). The molecule has 1 aliphatic rings. The van der Waals surface area contributed by atoms with Crippen molar-refractivity contribution in [3.63, 3.8) is 0 Å². The van der Waals surface area contributed by atoms with Gasteiger partial charge in [-0.05, 0) is 6.07 Å². The first kappa shape index (κ1) is 17.2. The molecule has 0 bridgehead atoms. The molecular weight excluding hydrogens is 320 g/mol. The van der Waals surface area contributed by atoms with E-state index in [0.717, 1.165) is 0 Å². The zero-order chi connectivity index (χ0) is 16.4. The van der Waals surface area contributed by atoms with Crippen molar-refractivity contribution >= 4 is 11.6 Å². The monoisotopic (exact) mass is 336 g/mol. The van der Waals surface area contributed by atoms with Crippen LogP contribution in [-0.2, 0) is 11.3 Å². The summed E-state index contributed by atoms with van der Waals surface area (Å²) in [5.74, 6) is -0.235. The van der Waals surface area contributed by atoms with Crippen LogP contribution in [0.5, 0.6) is 11.5 Å². The summed E-state index contributed by atoms with van der Waals surface area (Å²) >= 11 is 5.92. The van der Waals surface area contributed by atoms with Crippen LogP contribution in [0.15, 0.2) is 12.1 Å². The van der Waals surface area contributed by atoms with Crippen molar-refractivity contribution in [2.24, 2.45) is 0 Å². The zero-order valence-corrected chi connectivity index (χ0v) is 12.1. The molecule has 0 aromatic heterocycles. The predicted molar refractivity (Wildman–Crippen MR) is 73.4 cm³/mol. The number of benzene rings is 1. The van der Waals surface area contributed by atoms with Gasteiger partial charge in [0.15, 0.2) is 0 Å². The van der Waals surface area contributed by atoms with Crippen LogP contribution in [-0.4, -0.2) is 68.0 Å². The van der Waals surface area contributed by atoms with E-state index in [4.69, 9.17) is 26.2 Å². The van der Waals surface area contributed by atoms with E-state index in [1.54, 1.807) is 0 Å². The maximum Gasteiger partial charge on any atom is 0.229 e. The Morgan fingerprint density at radius 3 is 2.36 bits per heavy atom. The van der Waals surface area contributed by atoms with E-state index in [2.05, 4.69) is 0 Å². The summed E-state index contributed by atoms with van der Waals surface area (Å²) < 4.78 is 10.6. The van der Waals surface area contributed by atoms with Crippen molar-refractivity contribution in [1.29, 1.82) is 0 Å². The van der Waals surface area contributed by atoms with Gasteiger partial charge in [-0.1, -0.05) is 11.6 Å². The second-order valence-electron chi connectivity index (χ2n) is 4.89. The first-order valence-corrected chi connectivity index (χ1v) is 6.86. The third-order valence-electron chi connectivity index (χ3n) is 3.36. The molecule has 1 aliphatic heterocycles. The molecule has 1 aromatic rings. The zero-order valence-electron chi connectivity index (χ0n) is 11.3. The minimum Gasteiger partial charge on any atom is -0.508 e. The fourth-order valence-electron chi connectivity index (χ4n) is 2.16. The van der Waals surface area contributed by atoms with Gasteiger partial charge in [-0.2, -0.15) is 0 Å². The molecule has 1 aromatic carbocycles. The highest BCUT2D eigenvalue weighted by Crippen LogP contribution is 2.35. The summed E-state index contributed by atoms with van der Waals surface area (Å²) in [6, 6.07) is 2.38. The smallest absolute Gasteiger partial charge is 0.229 e. The number of aliphatic hydroxyl groups is 5. The highest BCUT2D eigenvalue weighted by molar-refractivity contribution is 6.32. The van der Waals surface area contributed by atoms with Gasteiger partial charge < -0.3 is 40.1 Å². The van der Waals surface area contributed by atoms with Gasteiger partial charge in [0.25, 0.3) is 0 Å². The van der Waals surface area contributed by atoms with Crippen LogP contribution < -0.4 is 4.74 Å². The van der Waals surface area contributed by atoms with E-state index < -0.39 is 43.9 Å². The Bertz CT molecular complexity index is 523. The first-order chi connectivity index (χ1) is 10.4. The van der Waals surface area contributed by atoms with E-state index in [-0.39, 0.29) is 22.1 Å². The lowest BCUT2D eigenvalue weighted by molar-refractivity contribution is -0.277. The Morgan fingerprint density at radius 2 is 1.77 bits per heavy atom. The van der Waals surface area contributed by atoms with Gasteiger partial charge >= 0.3 is 0 Å². The van der Waals surface area contributed by atoms with Crippen molar-refractivity contribution in [3.05, 3.63) is 22.7 Å².